The highest BCUT2D eigenvalue weighted by molar-refractivity contribution is 5.97. The minimum absolute atomic E-state index is 0.0690. The smallest absolute Gasteiger partial charge is 0.339 e. The molecule has 1 aliphatic rings. The molecule has 1 amide bonds. The van der Waals surface area contributed by atoms with Gasteiger partial charge in [0, 0.05) is 11.8 Å². The molecule has 1 heterocycles. The van der Waals surface area contributed by atoms with Gasteiger partial charge in [-0.25, -0.2) is 4.79 Å². The first-order valence-electron chi connectivity index (χ1n) is 6.07. The molecule has 0 aromatic heterocycles. The fraction of sp³-hybridized carbons (Fsp3) is 0.385. The average molecular weight is 264 g/mol. The van der Waals surface area contributed by atoms with E-state index in [2.05, 4.69) is 10.6 Å². The SMILES string of the molecule is COc1cc(NC(=O)C2CCCN2)ccc1C(=O)O. The molecule has 0 radical (unpaired) electrons. The van der Waals surface area contributed by atoms with Gasteiger partial charge in [-0.2, -0.15) is 0 Å². The summed E-state index contributed by atoms with van der Waals surface area (Å²) < 4.78 is 5.01. The van der Waals surface area contributed by atoms with Crippen LogP contribution in [0.3, 0.4) is 0 Å². The lowest BCUT2D eigenvalue weighted by Crippen LogP contribution is -2.35. The van der Waals surface area contributed by atoms with Gasteiger partial charge in [-0.1, -0.05) is 0 Å². The molecule has 1 saturated heterocycles. The highest BCUT2D eigenvalue weighted by atomic mass is 16.5. The van der Waals surface area contributed by atoms with E-state index < -0.39 is 5.97 Å². The van der Waals surface area contributed by atoms with Crippen molar-refractivity contribution in [3.8, 4) is 5.75 Å². The van der Waals surface area contributed by atoms with Crippen LogP contribution >= 0.6 is 0 Å². The summed E-state index contributed by atoms with van der Waals surface area (Å²) in [4.78, 5) is 22.8. The van der Waals surface area contributed by atoms with Crippen LogP contribution in [-0.4, -0.2) is 36.7 Å². The molecule has 1 atom stereocenters. The summed E-state index contributed by atoms with van der Waals surface area (Å²) in [5.74, 6) is -0.945. The van der Waals surface area contributed by atoms with Crippen molar-refractivity contribution in [3.05, 3.63) is 23.8 Å². The number of anilines is 1. The standard InChI is InChI=1S/C13H16N2O4/c1-19-11-7-8(4-5-9(11)13(17)18)15-12(16)10-3-2-6-14-10/h4-5,7,10,14H,2-3,6H2,1H3,(H,15,16)(H,17,18). The molecule has 2 rings (SSSR count). The maximum Gasteiger partial charge on any atom is 0.339 e. The minimum Gasteiger partial charge on any atom is -0.496 e. The van der Waals surface area contributed by atoms with E-state index in [0.717, 1.165) is 19.4 Å². The largest absolute Gasteiger partial charge is 0.496 e. The van der Waals surface area contributed by atoms with Gasteiger partial charge in [0.25, 0.3) is 0 Å². The summed E-state index contributed by atoms with van der Waals surface area (Å²) >= 11 is 0. The van der Waals surface area contributed by atoms with Crippen molar-refractivity contribution >= 4 is 17.6 Å². The predicted molar refractivity (Wildman–Crippen MR) is 69.6 cm³/mol. The van der Waals surface area contributed by atoms with Crippen LogP contribution in [0.25, 0.3) is 0 Å². The Balaban J connectivity index is 2.12. The molecule has 1 aliphatic heterocycles. The molecule has 0 aliphatic carbocycles. The molecule has 6 nitrogen and oxygen atoms in total. The van der Waals surface area contributed by atoms with Crippen LogP contribution in [0.5, 0.6) is 5.75 Å². The third-order valence-electron chi connectivity index (χ3n) is 3.08. The normalized spacial score (nSPS) is 18.1. The molecule has 102 valence electrons. The number of hydrogen-bond donors (Lipinski definition) is 3. The monoisotopic (exact) mass is 264 g/mol. The van der Waals surface area contributed by atoms with Crippen LogP contribution in [0.2, 0.25) is 0 Å². The second-order valence-electron chi connectivity index (χ2n) is 4.36. The Kier molecular flexibility index (Phi) is 4.01. The number of nitrogens with one attached hydrogen (secondary N) is 2. The molecule has 0 spiro atoms. The number of carboxylic acid groups (broad SMARTS) is 1. The number of amides is 1. The number of ether oxygens (including phenoxy) is 1. The second kappa shape index (κ2) is 5.71. The van der Waals surface area contributed by atoms with Gasteiger partial charge in [-0.3, -0.25) is 4.79 Å². The van der Waals surface area contributed by atoms with Gasteiger partial charge in [-0.15, -0.1) is 0 Å². The molecule has 19 heavy (non-hydrogen) atoms. The van der Waals surface area contributed by atoms with Crippen LogP contribution < -0.4 is 15.4 Å². The van der Waals surface area contributed by atoms with Gasteiger partial charge >= 0.3 is 5.97 Å². The first-order valence-corrected chi connectivity index (χ1v) is 6.07. The zero-order valence-electron chi connectivity index (χ0n) is 10.6. The van der Waals surface area contributed by atoms with E-state index in [4.69, 9.17) is 9.84 Å². The van der Waals surface area contributed by atoms with Crippen molar-refractivity contribution in [2.24, 2.45) is 0 Å². The Morgan fingerprint density at radius 3 is 2.84 bits per heavy atom. The third-order valence-corrected chi connectivity index (χ3v) is 3.08. The topological polar surface area (TPSA) is 87.7 Å². The molecule has 0 bridgehead atoms. The van der Waals surface area contributed by atoms with Crippen molar-refractivity contribution in [2.45, 2.75) is 18.9 Å². The summed E-state index contributed by atoms with van der Waals surface area (Å²) in [6.07, 6.45) is 1.80. The number of rotatable bonds is 4. The van der Waals surface area contributed by atoms with Crippen molar-refractivity contribution in [2.75, 3.05) is 19.0 Å². The van der Waals surface area contributed by atoms with Crippen molar-refractivity contribution < 1.29 is 19.4 Å². The number of carboxylic acids is 1. The number of carbonyl (C=O) groups excluding carboxylic acids is 1. The van der Waals surface area contributed by atoms with Crippen LogP contribution in [0.1, 0.15) is 23.2 Å². The zero-order valence-corrected chi connectivity index (χ0v) is 10.6. The summed E-state index contributed by atoms with van der Waals surface area (Å²) in [7, 11) is 1.39. The van der Waals surface area contributed by atoms with Gasteiger partial charge < -0.3 is 20.5 Å². The highest BCUT2D eigenvalue weighted by Crippen LogP contribution is 2.23. The van der Waals surface area contributed by atoms with Crippen LogP contribution in [-0.2, 0) is 4.79 Å². The van der Waals surface area contributed by atoms with Crippen LogP contribution in [0.15, 0.2) is 18.2 Å². The van der Waals surface area contributed by atoms with Gasteiger partial charge in [0.05, 0.1) is 13.2 Å². The molecule has 3 N–H and O–H groups in total. The molecule has 1 unspecified atom stereocenters. The summed E-state index contributed by atoms with van der Waals surface area (Å²) in [5.41, 5.74) is 0.597. The Labute approximate surface area is 110 Å². The molecular formula is C13H16N2O4. The van der Waals surface area contributed by atoms with Gasteiger partial charge in [0.2, 0.25) is 5.91 Å². The van der Waals surface area contributed by atoms with E-state index in [1.807, 2.05) is 0 Å². The number of hydrogen-bond acceptors (Lipinski definition) is 4. The first-order chi connectivity index (χ1) is 9.11. The molecular weight excluding hydrogens is 248 g/mol. The van der Waals surface area contributed by atoms with Crippen molar-refractivity contribution in [1.82, 2.24) is 5.32 Å². The lowest BCUT2D eigenvalue weighted by atomic mass is 10.1. The molecule has 1 aromatic carbocycles. The fourth-order valence-corrected chi connectivity index (χ4v) is 2.08. The van der Waals surface area contributed by atoms with Crippen molar-refractivity contribution in [3.63, 3.8) is 0 Å². The van der Waals surface area contributed by atoms with Crippen molar-refractivity contribution in [1.29, 1.82) is 0 Å². The van der Waals surface area contributed by atoms with Gasteiger partial charge in [-0.05, 0) is 31.5 Å². The van der Waals surface area contributed by atoms with E-state index in [1.165, 1.54) is 19.2 Å². The Morgan fingerprint density at radius 2 is 2.26 bits per heavy atom. The summed E-state index contributed by atoms with van der Waals surface area (Å²) in [6, 6.07) is 4.30. The van der Waals surface area contributed by atoms with Crippen LogP contribution in [0.4, 0.5) is 5.69 Å². The Morgan fingerprint density at radius 1 is 1.47 bits per heavy atom. The van der Waals surface area contributed by atoms with Crippen LogP contribution in [0, 0.1) is 0 Å². The maximum atomic E-state index is 11.9. The number of carbonyl (C=O) groups is 2. The van der Waals surface area contributed by atoms with E-state index in [1.54, 1.807) is 6.07 Å². The number of methoxy groups -OCH3 is 1. The molecule has 6 heteroatoms. The quantitative estimate of drug-likeness (QED) is 0.757. The summed E-state index contributed by atoms with van der Waals surface area (Å²) in [5, 5.41) is 14.8. The second-order valence-corrected chi connectivity index (χ2v) is 4.36. The number of aromatic carboxylic acids is 1. The predicted octanol–water partition coefficient (Wildman–Crippen LogP) is 1.08. The Hall–Kier alpha value is -2.08. The fourth-order valence-electron chi connectivity index (χ4n) is 2.08. The summed E-state index contributed by atoms with van der Waals surface area (Å²) in [6.45, 7) is 0.847. The molecule has 1 fully saturated rings. The minimum atomic E-state index is -1.06. The third kappa shape index (κ3) is 3.03. The highest BCUT2D eigenvalue weighted by Gasteiger charge is 2.22. The lowest BCUT2D eigenvalue weighted by Gasteiger charge is -2.12. The van der Waals surface area contributed by atoms with E-state index in [9.17, 15) is 9.59 Å². The molecule has 0 saturated carbocycles. The van der Waals surface area contributed by atoms with E-state index in [0.29, 0.717) is 5.69 Å². The first kappa shape index (κ1) is 13.4. The van der Waals surface area contributed by atoms with Gasteiger partial charge in [0.15, 0.2) is 0 Å². The maximum absolute atomic E-state index is 11.9. The zero-order chi connectivity index (χ0) is 13.8. The number of benzene rings is 1. The average Bonchev–Trinajstić information content (AvgIpc) is 2.92. The van der Waals surface area contributed by atoms with E-state index in [-0.39, 0.29) is 23.3 Å². The van der Waals surface area contributed by atoms with E-state index >= 15 is 0 Å². The lowest BCUT2D eigenvalue weighted by molar-refractivity contribution is -0.117. The van der Waals surface area contributed by atoms with Gasteiger partial charge in [0.1, 0.15) is 11.3 Å². The Bertz CT molecular complexity index is 495. The molecule has 1 aromatic rings.